The van der Waals surface area contributed by atoms with Crippen molar-refractivity contribution in [3.8, 4) is 11.5 Å². The second-order valence-electron chi connectivity index (χ2n) is 9.39. The number of aromatic nitrogens is 1. The Morgan fingerprint density at radius 1 is 1.18 bits per heavy atom. The van der Waals surface area contributed by atoms with Crippen molar-refractivity contribution in [2.45, 2.75) is 31.7 Å². The third-order valence-electron chi connectivity index (χ3n) is 6.57. The molecule has 4 N–H and O–H groups in total. The summed E-state index contributed by atoms with van der Waals surface area (Å²) >= 11 is 1.54. The Labute approximate surface area is 225 Å². The Bertz CT molecular complexity index is 1350. The molecule has 200 valence electrons. The predicted molar refractivity (Wildman–Crippen MR) is 149 cm³/mol. The number of amides is 2. The molecule has 2 amide bonds. The van der Waals surface area contributed by atoms with E-state index < -0.39 is 5.82 Å². The van der Waals surface area contributed by atoms with Gasteiger partial charge in [-0.05, 0) is 42.7 Å². The molecule has 38 heavy (non-hydrogen) atoms. The van der Waals surface area contributed by atoms with E-state index >= 15 is 0 Å². The van der Waals surface area contributed by atoms with E-state index in [0.717, 1.165) is 66.1 Å². The number of ether oxygens (including phenoxy) is 2. The largest absolute Gasteiger partial charge is 0.453 e. The molecule has 2 aliphatic rings. The Morgan fingerprint density at radius 3 is 2.82 bits per heavy atom. The number of hydrogen-bond donors (Lipinski definition) is 4. The van der Waals surface area contributed by atoms with Crippen molar-refractivity contribution in [3.63, 3.8) is 0 Å². The predicted octanol–water partition coefficient (Wildman–Crippen LogP) is 5.40. The third-order valence-corrected chi connectivity index (χ3v) is 7.74. The highest BCUT2D eigenvalue weighted by Gasteiger charge is 2.18. The maximum Gasteiger partial charge on any atom is 0.319 e. The summed E-state index contributed by atoms with van der Waals surface area (Å²) < 4.78 is 26.8. The molecule has 0 spiro atoms. The molecule has 1 aromatic carbocycles. The van der Waals surface area contributed by atoms with Crippen LogP contribution in [0.5, 0.6) is 11.5 Å². The highest BCUT2D eigenvalue weighted by molar-refractivity contribution is 7.20. The number of hydrogen-bond acceptors (Lipinski definition) is 7. The molecule has 1 aliphatic heterocycles. The summed E-state index contributed by atoms with van der Waals surface area (Å²) in [4.78, 5) is 17.7. The lowest BCUT2D eigenvalue weighted by molar-refractivity contribution is 0.200. The zero-order valence-corrected chi connectivity index (χ0v) is 22.1. The number of urea groups is 1. The minimum atomic E-state index is -0.557. The normalized spacial score (nSPS) is 15.6. The molecule has 3 aromatic rings. The molecule has 10 heteroatoms. The summed E-state index contributed by atoms with van der Waals surface area (Å²) in [6, 6.07) is 8.04. The Balaban J connectivity index is 1.25. The minimum Gasteiger partial charge on any atom is -0.453 e. The van der Waals surface area contributed by atoms with Crippen LogP contribution in [-0.2, 0) is 4.74 Å². The minimum absolute atomic E-state index is 0.0813. The van der Waals surface area contributed by atoms with Gasteiger partial charge in [0, 0.05) is 56.8 Å². The van der Waals surface area contributed by atoms with Crippen LogP contribution in [0.1, 0.15) is 30.6 Å². The van der Waals surface area contributed by atoms with Crippen molar-refractivity contribution < 1.29 is 18.7 Å². The number of halogens is 1. The first-order valence-electron chi connectivity index (χ1n) is 12.9. The molecule has 2 aromatic heterocycles. The fraction of sp³-hybridized carbons (Fsp3) is 0.357. The number of anilines is 1. The van der Waals surface area contributed by atoms with Crippen LogP contribution in [0, 0.1) is 5.82 Å². The number of fused-ring (bicyclic) bond motifs is 1. The number of benzene rings is 1. The van der Waals surface area contributed by atoms with Crippen molar-refractivity contribution >= 4 is 39.0 Å². The van der Waals surface area contributed by atoms with Crippen LogP contribution in [0.3, 0.4) is 0 Å². The second-order valence-corrected chi connectivity index (χ2v) is 10.4. The number of rotatable bonds is 10. The lowest BCUT2D eigenvalue weighted by Crippen LogP contribution is -2.36. The van der Waals surface area contributed by atoms with Crippen molar-refractivity contribution in [2.24, 2.45) is 0 Å². The van der Waals surface area contributed by atoms with Crippen molar-refractivity contribution in [2.75, 3.05) is 38.7 Å². The fourth-order valence-corrected chi connectivity index (χ4v) is 5.64. The highest BCUT2D eigenvalue weighted by Crippen LogP contribution is 2.38. The SMILES string of the molecule is COCCNCC1=CC=C(c2cc3nccc(Oc4ccc(NC(=O)NC5CCCC5)cc4F)c3s2)NC1. The third kappa shape index (κ3) is 6.50. The first kappa shape index (κ1) is 26.1. The van der Waals surface area contributed by atoms with Gasteiger partial charge in [0.2, 0.25) is 0 Å². The Morgan fingerprint density at radius 2 is 2.05 bits per heavy atom. The van der Waals surface area contributed by atoms with Crippen molar-refractivity contribution in [1.29, 1.82) is 0 Å². The van der Waals surface area contributed by atoms with Crippen LogP contribution in [0.25, 0.3) is 15.9 Å². The van der Waals surface area contributed by atoms with E-state index in [1.807, 2.05) is 6.07 Å². The lowest BCUT2D eigenvalue weighted by Gasteiger charge is -2.17. The van der Waals surface area contributed by atoms with Crippen LogP contribution in [-0.4, -0.2) is 50.4 Å². The maximum absolute atomic E-state index is 14.9. The van der Waals surface area contributed by atoms with Gasteiger partial charge in [0.05, 0.1) is 27.4 Å². The van der Waals surface area contributed by atoms with E-state index in [4.69, 9.17) is 9.47 Å². The highest BCUT2D eigenvalue weighted by atomic mass is 32.1. The average Bonchev–Trinajstić information content (AvgIpc) is 3.59. The van der Waals surface area contributed by atoms with E-state index in [1.165, 1.54) is 17.7 Å². The summed E-state index contributed by atoms with van der Waals surface area (Å²) in [7, 11) is 1.69. The van der Waals surface area contributed by atoms with Gasteiger partial charge < -0.3 is 30.7 Å². The molecule has 3 heterocycles. The molecule has 1 fully saturated rings. The summed E-state index contributed by atoms with van der Waals surface area (Å²) in [5, 5.41) is 12.5. The number of nitrogens with one attached hydrogen (secondary N) is 4. The van der Waals surface area contributed by atoms with Gasteiger partial charge in [-0.25, -0.2) is 9.18 Å². The van der Waals surface area contributed by atoms with E-state index in [1.54, 1.807) is 36.8 Å². The van der Waals surface area contributed by atoms with Gasteiger partial charge in [0.1, 0.15) is 5.75 Å². The zero-order valence-electron chi connectivity index (χ0n) is 21.3. The van der Waals surface area contributed by atoms with Gasteiger partial charge in [-0.3, -0.25) is 4.98 Å². The van der Waals surface area contributed by atoms with Crippen LogP contribution in [0.15, 0.2) is 54.3 Å². The molecule has 1 aliphatic carbocycles. The van der Waals surface area contributed by atoms with Crippen molar-refractivity contribution in [3.05, 3.63) is 64.9 Å². The van der Waals surface area contributed by atoms with Gasteiger partial charge in [0.15, 0.2) is 11.6 Å². The summed E-state index contributed by atoms with van der Waals surface area (Å²) in [5.41, 5.74) is 3.43. The molecule has 0 bridgehead atoms. The number of thiophene rings is 1. The number of methoxy groups -OCH3 is 1. The van der Waals surface area contributed by atoms with E-state index in [2.05, 4.69) is 38.4 Å². The number of carbonyl (C=O) groups excluding carboxylic acids is 1. The van der Waals surface area contributed by atoms with Crippen LogP contribution >= 0.6 is 11.3 Å². The number of nitrogens with zero attached hydrogens (tertiary/aromatic N) is 1. The van der Waals surface area contributed by atoms with E-state index in [-0.39, 0.29) is 17.8 Å². The van der Waals surface area contributed by atoms with E-state index in [0.29, 0.717) is 18.0 Å². The van der Waals surface area contributed by atoms with E-state index in [9.17, 15) is 9.18 Å². The molecule has 8 nitrogen and oxygen atoms in total. The van der Waals surface area contributed by atoms with Gasteiger partial charge >= 0.3 is 6.03 Å². The molecule has 1 saturated carbocycles. The van der Waals surface area contributed by atoms with Crippen LogP contribution in [0.4, 0.5) is 14.9 Å². The van der Waals surface area contributed by atoms with Crippen LogP contribution < -0.4 is 26.0 Å². The number of dihydropyridines is 1. The van der Waals surface area contributed by atoms with Gasteiger partial charge in [-0.2, -0.15) is 0 Å². The smallest absolute Gasteiger partial charge is 0.319 e. The molecular formula is C28H32FN5O3S. The molecule has 0 radical (unpaired) electrons. The van der Waals surface area contributed by atoms with Gasteiger partial charge in [0.25, 0.3) is 0 Å². The summed E-state index contributed by atoms with van der Waals surface area (Å²) in [6.45, 7) is 3.05. The number of allylic oxidation sites excluding steroid dienone is 2. The topological polar surface area (TPSA) is 96.5 Å². The first-order valence-corrected chi connectivity index (χ1v) is 13.7. The molecule has 0 saturated heterocycles. The number of pyridine rings is 1. The molecular weight excluding hydrogens is 505 g/mol. The van der Waals surface area contributed by atoms with Crippen LogP contribution in [0.2, 0.25) is 0 Å². The lowest BCUT2D eigenvalue weighted by atomic mass is 10.1. The van der Waals surface area contributed by atoms with Gasteiger partial charge in [-0.1, -0.05) is 18.9 Å². The van der Waals surface area contributed by atoms with Crippen molar-refractivity contribution in [1.82, 2.24) is 20.9 Å². The summed E-state index contributed by atoms with van der Waals surface area (Å²) in [5.74, 6) is 0.0522. The summed E-state index contributed by atoms with van der Waals surface area (Å²) in [6.07, 6.45) is 10.1. The molecule has 0 atom stereocenters. The average molecular weight is 538 g/mol. The Kier molecular flexibility index (Phi) is 8.52. The fourth-order valence-electron chi connectivity index (χ4n) is 4.57. The standard InChI is InChI=1S/C28H32FN5O3S/c1-36-13-12-30-16-18-6-8-22(32-17-18)26-15-23-27(38-26)25(10-11-31-23)37-24-9-7-20(14-21(24)29)34-28(35)33-19-4-2-3-5-19/h6-11,14-15,19,30,32H,2-5,12-13,16-17H2,1H3,(H2,33,34,35). The first-order chi connectivity index (χ1) is 18.6. The maximum atomic E-state index is 14.9. The Hall–Kier alpha value is -3.47. The monoisotopic (exact) mass is 537 g/mol. The van der Waals surface area contributed by atoms with Gasteiger partial charge in [-0.15, -0.1) is 11.3 Å². The zero-order chi connectivity index (χ0) is 26.3. The number of carbonyl (C=O) groups is 1. The second kappa shape index (κ2) is 12.4. The quantitative estimate of drug-likeness (QED) is 0.259. The molecule has 5 rings (SSSR count). The molecule has 0 unspecified atom stereocenters.